The van der Waals surface area contributed by atoms with Gasteiger partial charge in [0.05, 0.1) is 0 Å². The normalized spacial score (nSPS) is 10.8. The lowest BCUT2D eigenvalue weighted by Crippen LogP contribution is -2.29. The lowest BCUT2D eigenvalue weighted by atomic mass is 10.3. The summed E-state index contributed by atoms with van der Waals surface area (Å²) >= 11 is 0. The highest BCUT2D eigenvalue weighted by Crippen LogP contribution is 1.87. The van der Waals surface area contributed by atoms with Crippen LogP contribution in [0.15, 0.2) is 11.6 Å². The number of nitrogens with two attached hydrogens (primary N) is 1. The van der Waals surface area contributed by atoms with Crippen LogP contribution < -0.4 is 5.84 Å². The molecule has 78 valence electrons. The smallest absolute Gasteiger partial charge is 0.330 e. The van der Waals surface area contributed by atoms with Crippen LogP contribution in [0, 0.1) is 0 Å². The number of carboxylic acid groups (broad SMARTS) is 1. The molecular weight excluding hydrogens is 168 g/mol. The number of rotatable bonds is 3. The first-order chi connectivity index (χ1) is 5.99. The summed E-state index contributed by atoms with van der Waals surface area (Å²) in [7, 11) is 0. The SMILES string of the molecule is CC=C(C)C(=O)O.CCN(N)CC. The van der Waals surface area contributed by atoms with Gasteiger partial charge in [-0.2, -0.15) is 0 Å². The van der Waals surface area contributed by atoms with Gasteiger partial charge in [0.25, 0.3) is 0 Å². The van der Waals surface area contributed by atoms with Gasteiger partial charge < -0.3 is 5.11 Å². The van der Waals surface area contributed by atoms with Crippen LogP contribution in [0.25, 0.3) is 0 Å². The largest absolute Gasteiger partial charge is 0.478 e. The van der Waals surface area contributed by atoms with Gasteiger partial charge in [-0.1, -0.05) is 19.9 Å². The average Bonchev–Trinajstić information content (AvgIpc) is 2.16. The Bertz CT molecular complexity index is 163. The Morgan fingerprint density at radius 3 is 1.85 bits per heavy atom. The molecule has 0 saturated carbocycles. The van der Waals surface area contributed by atoms with Gasteiger partial charge >= 0.3 is 5.97 Å². The van der Waals surface area contributed by atoms with Crippen molar-refractivity contribution in [1.29, 1.82) is 0 Å². The molecule has 0 amide bonds. The van der Waals surface area contributed by atoms with Gasteiger partial charge in [0.15, 0.2) is 0 Å². The van der Waals surface area contributed by atoms with E-state index in [0.717, 1.165) is 13.1 Å². The fourth-order valence-corrected chi connectivity index (χ4v) is 0.347. The molecule has 0 aromatic carbocycles. The van der Waals surface area contributed by atoms with Gasteiger partial charge in [-0.15, -0.1) is 0 Å². The fraction of sp³-hybridized carbons (Fsp3) is 0.667. The fourth-order valence-electron chi connectivity index (χ4n) is 0.347. The van der Waals surface area contributed by atoms with Crippen molar-refractivity contribution in [3.05, 3.63) is 11.6 Å². The summed E-state index contributed by atoms with van der Waals surface area (Å²) < 4.78 is 0. The third-order valence-corrected chi connectivity index (χ3v) is 1.58. The van der Waals surface area contributed by atoms with Crippen LogP contribution in [0.1, 0.15) is 27.7 Å². The van der Waals surface area contributed by atoms with Gasteiger partial charge in [-0.3, -0.25) is 5.84 Å². The van der Waals surface area contributed by atoms with E-state index in [1.54, 1.807) is 24.9 Å². The summed E-state index contributed by atoms with van der Waals surface area (Å²) in [5, 5.41) is 9.86. The monoisotopic (exact) mass is 188 g/mol. The molecule has 0 aliphatic rings. The Morgan fingerprint density at radius 2 is 1.85 bits per heavy atom. The van der Waals surface area contributed by atoms with Crippen molar-refractivity contribution in [2.45, 2.75) is 27.7 Å². The van der Waals surface area contributed by atoms with E-state index in [-0.39, 0.29) is 0 Å². The maximum Gasteiger partial charge on any atom is 0.330 e. The Morgan fingerprint density at radius 1 is 1.46 bits per heavy atom. The molecule has 3 N–H and O–H groups in total. The molecule has 0 heterocycles. The Labute approximate surface area is 80.0 Å². The number of carbonyl (C=O) groups is 1. The molecule has 0 radical (unpaired) electrons. The second-order valence-corrected chi connectivity index (χ2v) is 2.50. The van der Waals surface area contributed by atoms with Crippen LogP contribution in [0.2, 0.25) is 0 Å². The second-order valence-electron chi connectivity index (χ2n) is 2.50. The average molecular weight is 188 g/mol. The molecule has 0 rings (SSSR count). The Kier molecular flexibility index (Phi) is 10.4. The van der Waals surface area contributed by atoms with Gasteiger partial charge in [0, 0.05) is 18.7 Å². The molecule has 0 bridgehead atoms. The predicted octanol–water partition coefficient (Wildman–Crippen LogP) is 1.24. The molecule has 0 atom stereocenters. The number of hydrogen-bond donors (Lipinski definition) is 2. The highest BCUT2D eigenvalue weighted by atomic mass is 16.4. The highest BCUT2D eigenvalue weighted by Gasteiger charge is 1.93. The van der Waals surface area contributed by atoms with E-state index >= 15 is 0 Å². The molecule has 0 aliphatic heterocycles. The van der Waals surface area contributed by atoms with Crippen molar-refractivity contribution in [1.82, 2.24) is 5.01 Å². The molecule has 0 aromatic rings. The van der Waals surface area contributed by atoms with E-state index in [2.05, 4.69) is 0 Å². The third kappa shape index (κ3) is 11.1. The molecular formula is C9H20N2O2. The first-order valence-corrected chi connectivity index (χ1v) is 4.35. The van der Waals surface area contributed by atoms with Crippen molar-refractivity contribution >= 4 is 5.97 Å². The van der Waals surface area contributed by atoms with Crippen LogP contribution in [0.5, 0.6) is 0 Å². The summed E-state index contributed by atoms with van der Waals surface area (Å²) in [6, 6.07) is 0. The highest BCUT2D eigenvalue weighted by molar-refractivity contribution is 5.85. The molecule has 0 fully saturated rings. The maximum absolute atomic E-state index is 9.86. The van der Waals surface area contributed by atoms with E-state index in [1.165, 1.54) is 0 Å². The molecule has 13 heavy (non-hydrogen) atoms. The zero-order valence-electron chi connectivity index (χ0n) is 8.87. The first-order valence-electron chi connectivity index (χ1n) is 4.35. The number of hydrogen-bond acceptors (Lipinski definition) is 3. The minimum absolute atomic E-state index is 0.389. The lowest BCUT2D eigenvalue weighted by Gasteiger charge is -2.07. The number of hydrazine groups is 1. The Hall–Kier alpha value is -0.870. The summed E-state index contributed by atoms with van der Waals surface area (Å²) in [6.07, 6.45) is 1.56. The standard InChI is InChI=1S/C5H8O2.C4H12N2/c1-3-4(2)5(6)7;1-3-6(5)4-2/h3H,1-2H3,(H,6,7);3-5H2,1-2H3. The van der Waals surface area contributed by atoms with Gasteiger partial charge in [0.1, 0.15) is 0 Å². The van der Waals surface area contributed by atoms with E-state index in [4.69, 9.17) is 10.9 Å². The van der Waals surface area contributed by atoms with E-state index < -0.39 is 5.97 Å². The minimum atomic E-state index is -0.845. The summed E-state index contributed by atoms with van der Waals surface area (Å²) in [4.78, 5) is 9.86. The van der Waals surface area contributed by atoms with Crippen LogP contribution in [-0.4, -0.2) is 29.2 Å². The number of aliphatic carboxylic acids is 1. The molecule has 0 saturated heterocycles. The second kappa shape index (κ2) is 9.22. The van der Waals surface area contributed by atoms with E-state index in [0.29, 0.717) is 5.57 Å². The van der Waals surface area contributed by atoms with Gasteiger partial charge in [-0.25, -0.2) is 9.80 Å². The van der Waals surface area contributed by atoms with Crippen LogP contribution in [0.3, 0.4) is 0 Å². The van der Waals surface area contributed by atoms with Crippen LogP contribution in [0.4, 0.5) is 0 Å². The zero-order valence-corrected chi connectivity index (χ0v) is 8.87. The van der Waals surface area contributed by atoms with Gasteiger partial charge in [-0.05, 0) is 13.8 Å². The first kappa shape index (κ1) is 14.6. The van der Waals surface area contributed by atoms with E-state index in [9.17, 15) is 4.79 Å². The predicted molar refractivity (Wildman–Crippen MR) is 54.2 cm³/mol. The molecule has 0 unspecified atom stereocenters. The number of allylic oxidation sites excluding steroid dienone is 1. The van der Waals surface area contributed by atoms with Crippen LogP contribution in [-0.2, 0) is 4.79 Å². The van der Waals surface area contributed by atoms with Crippen molar-refractivity contribution in [2.24, 2.45) is 5.84 Å². The summed E-state index contributed by atoms with van der Waals surface area (Å²) in [6.45, 7) is 9.20. The maximum atomic E-state index is 9.86. The van der Waals surface area contributed by atoms with Gasteiger partial charge in [0.2, 0.25) is 0 Å². The van der Waals surface area contributed by atoms with Crippen molar-refractivity contribution in [3.63, 3.8) is 0 Å². The number of carboxylic acids is 1. The van der Waals surface area contributed by atoms with Crippen molar-refractivity contribution in [2.75, 3.05) is 13.1 Å². The lowest BCUT2D eigenvalue weighted by molar-refractivity contribution is -0.132. The summed E-state index contributed by atoms with van der Waals surface area (Å²) in [5.41, 5.74) is 0.389. The molecule has 0 spiro atoms. The third-order valence-electron chi connectivity index (χ3n) is 1.58. The summed E-state index contributed by atoms with van der Waals surface area (Å²) in [5.74, 6) is 4.46. The molecule has 0 aliphatic carbocycles. The van der Waals surface area contributed by atoms with Crippen LogP contribution >= 0.6 is 0 Å². The van der Waals surface area contributed by atoms with Crippen molar-refractivity contribution in [3.8, 4) is 0 Å². The molecule has 4 heteroatoms. The quantitative estimate of drug-likeness (QED) is 0.397. The molecule has 0 aromatic heterocycles. The van der Waals surface area contributed by atoms with Crippen molar-refractivity contribution < 1.29 is 9.90 Å². The van der Waals surface area contributed by atoms with E-state index in [1.807, 2.05) is 13.8 Å². The topological polar surface area (TPSA) is 66.6 Å². The number of nitrogens with zero attached hydrogens (tertiary/aromatic N) is 1. The minimum Gasteiger partial charge on any atom is -0.478 e. The Balaban J connectivity index is 0. The zero-order chi connectivity index (χ0) is 10.9. The molecule has 4 nitrogen and oxygen atoms in total.